The Hall–Kier alpha value is -1.32. The molecule has 0 saturated carbocycles. The molecule has 1 nitrogen and oxygen atoms in total. The van der Waals surface area contributed by atoms with Gasteiger partial charge in [0.1, 0.15) is 12.2 Å². The van der Waals surface area contributed by atoms with Crippen molar-refractivity contribution in [3.63, 3.8) is 0 Å². The molecule has 1 aromatic carbocycles. The molecule has 1 atom stereocenters. The van der Waals surface area contributed by atoms with Gasteiger partial charge in [-0.15, -0.1) is 0 Å². The summed E-state index contributed by atoms with van der Waals surface area (Å²) in [6, 6.07) is 8.82. The Balaban J connectivity index is 2.84. The van der Waals surface area contributed by atoms with E-state index in [1.165, 1.54) is 13.8 Å². The molecule has 1 rings (SSSR count). The van der Waals surface area contributed by atoms with E-state index in [2.05, 4.69) is 0 Å². The molecule has 0 fully saturated rings. The van der Waals surface area contributed by atoms with Crippen molar-refractivity contribution in [2.45, 2.75) is 32.8 Å². The first-order chi connectivity index (χ1) is 8.14. The smallest absolute Gasteiger partial charge is 0.299 e. The van der Waals surface area contributed by atoms with Gasteiger partial charge in [0.05, 0.1) is 0 Å². The zero-order valence-electron chi connectivity index (χ0n) is 10.7. The van der Waals surface area contributed by atoms with E-state index in [1.807, 2.05) is 0 Å². The summed E-state index contributed by atoms with van der Waals surface area (Å²) in [5, 5.41) is 0. The number of carbonyl (C=O) groups is 1. The molecule has 0 aromatic heterocycles. The van der Waals surface area contributed by atoms with Gasteiger partial charge in [0.2, 0.25) is 0 Å². The van der Waals surface area contributed by atoms with Crippen LogP contribution in [0, 0.1) is 5.41 Å². The average molecular weight is 245 g/mol. The largest absolute Gasteiger partial charge is 0.395 e. The minimum atomic E-state index is -4.80. The highest BCUT2D eigenvalue weighted by Crippen LogP contribution is 2.30. The van der Waals surface area contributed by atoms with Crippen LogP contribution < -0.4 is 0 Å². The third-order valence-corrected chi connectivity index (χ3v) is 2.45. The van der Waals surface area contributed by atoms with E-state index >= 15 is 0 Å². The summed E-state index contributed by atoms with van der Waals surface area (Å²) in [7, 11) is 0. The lowest BCUT2D eigenvalue weighted by Crippen LogP contribution is -2.31. The van der Waals surface area contributed by atoms with E-state index < -0.39 is 23.8 Å². The van der Waals surface area contributed by atoms with E-state index in [0.717, 1.165) is 5.56 Å². The molecule has 0 aliphatic heterocycles. The van der Waals surface area contributed by atoms with Crippen LogP contribution in [0.25, 0.3) is 0 Å². The lowest BCUT2D eigenvalue weighted by molar-refractivity contribution is -0.158. The quantitative estimate of drug-likeness (QED) is 0.789. The summed E-state index contributed by atoms with van der Waals surface area (Å²) in [5.41, 5.74) is -0.422. The van der Waals surface area contributed by atoms with Crippen LogP contribution in [0.4, 0.5) is 13.2 Å². The number of rotatable bonds is 4. The monoisotopic (exact) mass is 245 g/mol. The molecule has 0 spiro atoms. The number of hydrogen-bond acceptors (Lipinski definition) is 1. The third-order valence-electron chi connectivity index (χ3n) is 2.45. The van der Waals surface area contributed by atoms with Gasteiger partial charge in [-0.1, -0.05) is 44.2 Å². The van der Waals surface area contributed by atoms with Crippen molar-refractivity contribution in [1.82, 2.24) is 0 Å². The first-order valence-electron chi connectivity index (χ1n) is 5.79. The van der Waals surface area contributed by atoms with Crippen LogP contribution in [0.5, 0.6) is 0 Å². The molecule has 0 saturated heterocycles. The summed E-state index contributed by atoms with van der Waals surface area (Å²) in [6.45, 7) is 2.88. The van der Waals surface area contributed by atoms with Crippen molar-refractivity contribution in [2.75, 3.05) is 0 Å². The van der Waals surface area contributed by atoms with Crippen LogP contribution in [0.1, 0.15) is 27.2 Å². The highest BCUT2D eigenvalue weighted by molar-refractivity contribution is 5.84. The first-order valence-corrected chi connectivity index (χ1v) is 5.22. The second kappa shape index (κ2) is 4.90. The van der Waals surface area contributed by atoms with Crippen LogP contribution in [-0.2, 0) is 11.2 Å². The van der Waals surface area contributed by atoms with Crippen molar-refractivity contribution in [2.24, 2.45) is 5.41 Å². The van der Waals surface area contributed by atoms with Gasteiger partial charge in [-0.05, 0) is 12.0 Å². The average Bonchev–Trinajstić information content (AvgIpc) is 2.26. The molecule has 0 heterocycles. The van der Waals surface area contributed by atoms with Crippen LogP contribution >= 0.6 is 0 Å². The maximum Gasteiger partial charge on any atom is 0.395 e. The Morgan fingerprint density at radius 2 is 1.76 bits per heavy atom. The lowest BCUT2D eigenvalue weighted by atomic mass is 9.80. The molecule has 0 amide bonds. The number of halogens is 3. The van der Waals surface area contributed by atoms with Crippen LogP contribution in [-0.4, -0.2) is 12.0 Å². The zero-order valence-corrected chi connectivity index (χ0v) is 9.71. The van der Waals surface area contributed by atoms with E-state index in [0.29, 0.717) is 0 Å². The Morgan fingerprint density at radius 3 is 2.24 bits per heavy atom. The molecule has 17 heavy (non-hydrogen) atoms. The molecule has 0 N–H and O–H groups in total. The summed E-state index contributed by atoms with van der Waals surface area (Å²) >= 11 is 0. The lowest BCUT2D eigenvalue weighted by Gasteiger charge is -2.23. The van der Waals surface area contributed by atoms with Crippen molar-refractivity contribution >= 4 is 5.78 Å². The first kappa shape index (κ1) is 12.1. The Kier molecular flexibility index (Phi) is 3.50. The maximum atomic E-state index is 12.4. The number of hydrogen-bond donors (Lipinski definition) is 0. The molecule has 4 heteroatoms. The van der Waals surface area contributed by atoms with Crippen LogP contribution in [0.2, 0.25) is 0 Å². The number of benzene rings is 1. The van der Waals surface area contributed by atoms with Crippen molar-refractivity contribution in [3.8, 4) is 0 Å². The van der Waals surface area contributed by atoms with Gasteiger partial charge in [0.15, 0.2) is 0 Å². The molecular formula is C13H15F3O. The highest BCUT2D eigenvalue weighted by Gasteiger charge is 2.38. The van der Waals surface area contributed by atoms with E-state index in [-0.39, 0.29) is 6.42 Å². The van der Waals surface area contributed by atoms with E-state index in [4.69, 9.17) is 1.37 Å². The fourth-order valence-corrected chi connectivity index (χ4v) is 1.54. The molecule has 0 aliphatic carbocycles. The Morgan fingerprint density at radius 1 is 1.24 bits per heavy atom. The predicted octanol–water partition coefficient (Wildman–Crippen LogP) is 3.78. The van der Waals surface area contributed by atoms with Gasteiger partial charge in [-0.3, -0.25) is 4.79 Å². The minimum Gasteiger partial charge on any atom is -0.299 e. The number of carbonyl (C=O) groups excluding carboxylic acids is 1. The summed E-state index contributed by atoms with van der Waals surface area (Å²) in [4.78, 5) is 11.7. The molecule has 0 bridgehead atoms. The van der Waals surface area contributed by atoms with Gasteiger partial charge < -0.3 is 0 Å². The third kappa shape index (κ3) is 4.59. The molecule has 0 radical (unpaired) electrons. The van der Waals surface area contributed by atoms with Gasteiger partial charge in [-0.2, -0.15) is 13.2 Å². The fraction of sp³-hybridized carbons (Fsp3) is 0.462. The van der Waals surface area contributed by atoms with Crippen molar-refractivity contribution in [3.05, 3.63) is 35.9 Å². The fourth-order valence-electron chi connectivity index (χ4n) is 1.54. The number of Topliss-reactive ketones (excluding diaryl/α,β-unsaturated/α-hetero) is 1. The van der Waals surface area contributed by atoms with Crippen molar-refractivity contribution < 1.29 is 19.3 Å². The normalized spacial score (nSPS) is 15.2. The number of ketones is 1. The molecule has 0 aliphatic rings. The topological polar surface area (TPSA) is 17.1 Å². The molecule has 1 aromatic rings. The van der Waals surface area contributed by atoms with Gasteiger partial charge in [0, 0.05) is 6.79 Å². The van der Waals surface area contributed by atoms with Crippen molar-refractivity contribution in [1.29, 1.82) is 0 Å². The predicted molar refractivity (Wildman–Crippen MR) is 59.6 cm³/mol. The summed E-state index contributed by atoms with van der Waals surface area (Å²) < 4.78 is 44.1. The molecular weight excluding hydrogens is 229 g/mol. The van der Waals surface area contributed by atoms with E-state index in [9.17, 15) is 18.0 Å². The molecule has 1 unspecified atom stereocenters. The van der Waals surface area contributed by atoms with Crippen LogP contribution in [0.3, 0.4) is 0 Å². The Bertz CT molecular complexity index is 412. The Labute approximate surface area is 100 Å². The van der Waals surface area contributed by atoms with Gasteiger partial charge in [0.25, 0.3) is 0 Å². The number of alkyl halides is 3. The maximum absolute atomic E-state index is 12.4. The van der Waals surface area contributed by atoms with Gasteiger partial charge >= 0.3 is 6.18 Å². The second-order valence-electron chi connectivity index (χ2n) is 4.60. The van der Waals surface area contributed by atoms with Gasteiger partial charge in [-0.25, -0.2) is 0 Å². The minimum absolute atomic E-state index is 0.193. The highest BCUT2D eigenvalue weighted by atomic mass is 19.4. The van der Waals surface area contributed by atoms with E-state index in [1.54, 1.807) is 30.3 Å². The van der Waals surface area contributed by atoms with Crippen LogP contribution in [0.15, 0.2) is 30.3 Å². The second-order valence-corrected chi connectivity index (χ2v) is 4.60. The SMILES string of the molecule is [2H]C(C(=O)C(C)(C)Cc1ccccc1)C(F)(F)F. The zero-order chi connectivity index (χ0) is 14.0. The standard InChI is InChI=1S/C13H15F3O/c1-12(2,11(17)9-13(14,15)16)8-10-6-4-3-5-7-10/h3-7H,8-9H2,1-2H3/i9D. The summed E-state index contributed by atoms with van der Waals surface area (Å²) in [6.07, 6.45) is -7.28. The summed E-state index contributed by atoms with van der Waals surface area (Å²) in [5.74, 6) is -1.10. The molecule has 94 valence electrons.